The molecule has 1 aromatic heterocycles. The Morgan fingerprint density at radius 1 is 1.47 bits per heavy atom. The second kappa shape index (κ2) is 4.85. The van der Waals surface area contributed by atoms with Crippen molar-refractivity contribution in [3.63, 3.8) is 0 Å². The van der Waals surface area contributed by atoms with Gasteiger partial charge in [0.1, 0.15) is 5.69 Å². The van der Waals surface area contributed by atoms with Crippen molar-refractivity contribution in [2.45, 2.75) is 25.4 Å². The number of carbonyl (C=O) groups is 1. The first-order valence-corrected chi connectivity index (χ1v) is 6.92. The summed E-state index contributed by atoms with van der Waals surface area (Å²) < 4.78 is 2.04. The minimum atomic E-state index is 0.0630. The van der Waals surface area contributed by atoms with Gasteiger partial charge in [-0.05, 0) is 26.9 Å². The van der Waals surface area contributed by atoms with Crippen LogP contribution >= 0.6 is 0 Å². The Labute approximate surface area is 113 Å². The van der Waals surface area contributed by atoms with Crippen LogP contribution in [0, 0.1) is 0 Å². The van der Waals surface area contributed by atoms with Gasteiger partial charge in [0, 0.05) is 38.4 Å². The number of nitrogens with one attached hydrogen (secondary N) is 1. The molecule has 0 saturated carbocycles. The second-order valence-electron chi connectivity index (χ2n) is 5.58. The van der Waals surface area contributed by atoms with Crippen molar-refractivity contribution in [2.75, 3.05) is 39.0 Å². The summed E-state index contributed by atoms with van der Waals surface area (Å²) in [6, 6.07) is 0.472. The van der Waals surface area contributed by atoms with Gasteiger partial charge in [0.2, 0.25) is 5.95 Å². The van der Waals surface area contributed by atoms with E-state index in [-0.39, 0.29) is 5.91 Å². The van der Waals surface area contributed by atoms with E-state index in [0.717, 1.165) is 45.0 Å². The summed E-state index contributed by atoms with van der Waals surface area (Å²) in [5.41, 5.74) is 0.573. The van der Waals surface area contributed by atoms with Crippen LogP contribution in [0.1, 0.15) is 23.3 Å². The maximum Gasteiger partial charge on any atom is 0.274 e. The number of likely N-dealkylation sites (tertiary alicyclic amines) is 1. The lowest BCUT2D eigenvalue weighted by atomic mass is 10.2. The first kappa shape index (κ1) is 12.5. The van der Waals surface area contributed by atoms with Gasteiger partial charge in [-0.15, -0.1) is 0 Å². The molecule has 0 aliphatic carbocycles. The van der Waals surface area contributed by atoms with Crippen molar-refractivity contribution in [1.82, 2.24) is 19.4 Å². The Morgan fingerprint density at radius 3 is 3.00 bits per heavy atom. The minimum Gasteiger partial charge on any atom is -0.356 e. The monoisotopic (exact) mass is 263 g/mol. The molecule has 2 aliphatic rings. The first-order valence-electron chi connectivity index (χ1n) is 6.92. The van der Waals surface area contributed by atoms with Crippen LogP contribution in [-0.2, 0) is 6.54 Å². The van der Waals surface area contributed by atoms with Crippen molar-refractivity contribution in [3.8, 4) is 0 Å². The molecule has 1 saturated heterocycles. The highest BCUT2D eigenvalue weighted by Gasteiger charge is 2.29. The average Bonchev–Trinajstić information content (AvgIpc) is 3.04. The topological polar surface area (TPSA) is 53.4 Å². The minimum absolute atomic E-state index is 0.0630. The number of likely N-dealkylation sites (N-methyl/N-ethyl adjacent to an activating group) is 1. The number of carbonyl (C=O) groups excluding carboxylic acids is 1. The number of aromatic nitrogens is 2. The number of hydrogen-bond acceptors (Lipinski definition) is 4. The van der Waals surface area contributed by atoms with Crippen molar-refractivity contribution < 1.29 is 4.79 Å². The summed E-state index contributed by atoms with van der Waals surface area (Å²) in [5.74, 6) is 0.894. The summed E-state index contributed by atoms with van der Waals surface area (Å²) in [5, 5.41) is 3.23. The summed E-state index contributed by atoms with van der Waals surface area (Å²) in [7, 11) is 4.13. The van der Waals surface area contributed by atoms with Gasteiger partial charge in [0.05, 0.1) is 0 Å². The molecule has 3 rings (SSSR count). The van der Waals surface area contributed by atoms with Crippen LogP contribution in [0.25, 0.3) is 0 Å². The fraction of sp³-hybridized carbons (Fsp3) is 0.692. The number of nitrogens with zero attached hydrogens (tertiary/aromatic N) is 4. The van der Waals surface area contributed by atoms with Crippen molar-refractivity contribution in [2.24, 2.45) is 0 Å². The van der Waals surface area contributed by atoms with Crippen LogP contribution in [0.3, 0.4) is 0 Å². The second-order valence-corrected chi connectivity index (χ2v) is 5.58. The van der Waals surface area contributed by atoms with Crippen LogP contribution in [-0.4, -0.2) is 65.0 Å². The molecule has 3 heterocycles. The molecule has 6 nitrogen and oxygen atoms in total. The Kier molecular flexibility index (Phi) is 3.18. The van der Waals surface area contributed by atoms with E-state index in [4.69, 9.17) is 0 Å². The molecule has 2 aliphatic heterocycles. The van der Waals surface area contributed by atoms with E-state index in [1.54, 1.807) is 0 Å². The fourth-order valence-electron chi connectivity index (χ4n) is 2.79. The van der Waals surface area contributed by atoms with Gasteiger partial charge in [-0.25, -0.2) is 4.98 Å². The third-order valence-electron chi connectivity index (χ3n) is 4.04. The molecule has 1 atom stereocenters. The van der Waals surface area contributed by atoms with Crippen molar-refractivity contribution >= 4 is 11.9 Å². The molecule has 1 aromatic rings. The zero-order chi connectivity index (χ0) is 13.4. The highest BCUT2D eigenvalue weighted by atomic mass is 16.2. The molecular formula is C13H21N5O. The van der Waals surface area contributed by atoms with Crippen LogP contribution in [0.4, 0.5) is 5.95 Å². The van der Waals surface area contributed by atoms with Crippen LogP contribution < -0.4 is 5.32 Å². The van der Waals surface area contributed by atoms with Gasteiger partial charge < -0.3 is 19.7 Å². The summed E-state index contributed by atoms with van der Waals surface area (Å²) in [6.45, 7) is 3.53. The van der Waals surface area contributed by atoms with Crippen molar-refractivity contribution in [3.05, 3.63) is 11.9 Å². The van der Waals surface area contributed by atoms with Gasteiger partial charge in [-0.2, -0.15) is 0 Å². The molecule has 1 N–H and O–H groups in total. The molecule has 1 unspecified atom stereocenters. The van der Waals surface area contributed by atoms with E-state index in [0.29, 0.717) is 11.7 Å². The average molecular weight is 263 g/mol. The molecule has 104 valence electrons. The number of rotatable bonds is 2. The van der Waals surface area contributed by atoms with E-state index >= 15 is 0 Å². The zero-order valence-electron chi connectivity index (χ0n) is 11.6. The number of anilines is 1. The van der Waals surface area contributed by atoms with E-state index in [1.807, 2.05) is 15.7 Å². The number of fused-ring (bicyclic) bond motifs is 1. The molecule has 0 spiro atoms. The fourth-order valence-corrected chi connectivity index (χ4v) is 2.79. The van der Waals surface area contributed by atoms with Gasteiger partial charge in [0.25, 0.3) is 5.91 Å². The predicted molar refractivity (Wildman–Crippen MR) is 73.3 cm³/mol. The standard InChI is InChI=1S/C13H21N5O/c1-16(2)10-4-7-17(8-10)12(19)11-9-18-6-3-5-14-13(18)15-11/h9-10H,3-8H2,1-2H3,(H,14,15). The molecule has 0 bridgehead atoms. The van der Waals surface area contributed by atoms with Gasteiger partial charge in [0.15, 0.2) is 0 Å². The summed E-state index contributed by atoms with van der Waals surface area (Å²) in [4.78, 5) is 21.0. The maximum atomic E-state index is 12.4. The summed E-state index contributed by atoms with van der Waals surface area (Å²) >= 11 is 0. The molecular weight excluding hydrogens is 242 g/mol. The van der Waals surface area contributed by atoms with Gasteiger partial charge >= 0.3 is 0 Å². The van der Waals surface area contributed by atoms with Crippen LogP contribution in [0.5, 0.6) is 0 Å². The molecule has 6 heteroatoms. The van der Waals surface area contributed by atoms with Gasteiger partial charge in [-0.3, -0.25) is 4.79 Å². The molecule has 1 amide bonds. The predicted octanol–water partition coefficient (Wildman–Crippen LogP) is 0.475. The Balaban J connectivity index is 1.72. The van der Waals surface area contributed by atoms with E-state index < -0.39 is 0 Å². The number of amides is 1. The van der Waals surface area contributed by atoms with Crippen molar-refractivity contribution in [1.29, 1.82) is 0 Å². The molecule has 19 heavy (non-hydrogen) atoms. The zero-order valence-corrected chi connectivity index (χ0v) is 11.6. The van der Waals surface area contributed by atoms with E-state index in [9.17, 15) is 4.79 Å². The van der Waals surface area contributed by atoms with E-state index in [1.165, 1.54) is 0 Å². The quantitative estimate of drug-likeness (QED) is 0.843. The van der Waals surface area contributed by atoms with Crippen LogP contribution in [0.15, 0.2) is 6.20 Å². The lowest BCUT2D eigenvalue weighted by Crippen LogP contribution is -2.34. The Morgan fingerprint density at radius 2 is 2.32 bits per heavy atom. The maximum absolute atomic E-state index is 12.4. The number of aryl methyl sites for hydroxylation is 1. The van der Waals surface area contributed by atoms with Gasteiger partial charge in [-0.1, -0.05) is 0 Å². The third-order valence-corrected chi connectivity index (χ3v) is 4.04. The normalized spacial score (nSPS) is 22.5. The SMILES string of the molecule is CN(C)C1CCN(C(=O)c2cn3c(n2)NCCC3)C1. The number of hydrogen-bond donors (Lipinski definition) is 1. The largest absolute Gasteiger partial charge is 0.356 e. The Hall–Kier alpha value is -1.56. The smallest absolute Gasteiger partial charge is 0.274 e. The highest BCUT2D eigenvalue weighted by Crippen LogP contribution is 2.19. The summed E-state index contributed by atoms with van der Waals surface area (Å²) in [6.07, 6.45) is 4.01. The highest BCUT2D eigenvalue weighted by molar-refractivity contribution is 5.92. The lowest BCUT2D eigenvalue weighted by molar-refractivity contribution is 0.0778. The lowest BCUT2D eigenvalue weighted by Gasteiger charge is -2.19. The first-order chi connectivity index (χ1) is 9.15. The van der Waals surface area contributed by atoms with E-state index in [2.05, 4.69) is 29.3 Å². The Bertz CT molecular complexity index is 458. The molecule has 0 aromatic carbocycles. The molecule has 1 fully saturated rings. The third kappa shape index (κ3) is 2.32. The van der Waals surface area contributed by atoms with Crippen LogP contribution in [0.2, 0.25) is 0 Å². The number of imidazole rings is 1. The molecule has 0 radical (unpaired) electrons.